The van der Waals surface area contributed by atoms with E-state index in [2.05, 4.69) is 25.8 Å². The lowest BCUT2D eigenvalue weighted by Crippen LogP contribution is -2.46. The van der Waals surface area contributed by atoms with Gasteiger partial charge in [-0.05, 0) is 51.0 Å². The second-order valence-electron chi connectivity index (χ2n) is 7.14. The molecule has 0 bridgehead atoms. The molecule has 6 heteroatoms. The number of aromatic nitrogens is 3. The Labute approximate surface area is 146 Å². The van der Waals surface area contributed by atoms with Crippen molar-refractivity contribution < 1.29 is 0 Å². The summed E-state index contributed by atoms with van der Waals surface area (Å²) in [6.45, 7) is 2.23. The fourth-order valence-electron chi connectivity index (χ4n) is 4.11. The van der Waals surface area contributed by atoms with Gasteiger partial charge in [0.2, 0.25) is 0 Å². The molecule has 5 nitrogen and oxygen atoms in total. The molecule has 0 amide bonds. The van der Waals surface area contributed by atoms with E-state index >= 15 is 0 Å². The zero-order chi connectivity index (χ0) is 15.9. The topological polar surface area (TPSA) is 45.2 Å². The minimum Gasteiger partial charge on any atom is -0.350 e. The molecule has 1 saturated carbocycles. The van der Waals surface area contributed by atoms with Gasteiger partial charge in [-0.3, -0.25) is 0 Å². The van der Waals surface area contributed by atoms with Crippen molar-refractivity contribution in [1.29, 1.82) is 0 Å². The molecule has 0 atom stereocenters. The van der Waals surface area contributed by atoms with E-state index in [0.717, 1.165) is 18.9 Å². The number of hydrogen-bond acceptors (Lipinski definition) is 6. The van der Waals surface area contributed by atoms with Gasteiger partial charge < -0.3 is 9.80 Å². The number of nitrogens with zero attached hydrogens (tertiary/aromatic N) is 5. The zero-order valence-corrected chi connectivity index (χ0v) is 14.7. The van der Waals surface area contributed by atoms with Crippen LogP contribution in [0.4, 0.5) is 10.9 Å². The van der Waals surface area contributed by atoms with Gasteiger partial charge in [-0.15, -0.1) is 11.3 Å². The van der Waals surface area contributed by atoms with Crippen molar-refractivity contribution in [3.05, 3.63) is 29.2 Å². The lowest BCUT2D eigenvalue weighted by atomic mass is 10.0. The van der Waals surface area contributed by atoms with Crippen LogP contribution < -0.4 is 9.80 Å². The monoisotopic (exact) mass is 341 g/mol. The third kappa shape index (κ3) is 2.66. The van der Waals surface area contributed by atoms with E-state index in [9.17, 15) is 0 Å². The molecular weight excluding hydrogens is 318 g/mol. The summed E-state index contributed by atoms with van der Waals surface area (Å²) >= 11 is 1.93. The molecule has 2 aliphatic carbocycles. The van der Waals surface area contributed by atoms with Crippen LogP contribution in [0.5, 0.6) is 0 Å². The summed E-state index contributed by atoms with van der Waals surface area (Å²) in [4.78, 5) is 20.1. The molecule has 0 N–H and O–H groups in total. The first kappa shape index (κ1) is 14.6. The largest absolute Gasteiger partial charge is 0.350 e. The lowest BCUT2D eigenvalue weighted by Gasteiger charge is -2.39. The minimum atomic E-state index is 0.607. The summed E-state index contributed by atoms with van der Waals surface area (Å²) < 4.78 is 0. The molecule has 2 aromatic rings. The Bertz CT molecular complexity index is 682. The standard InChI is InChI=1S/C18H23N5S/c1-2-15-16(3-1)24-18(21-15)22-10-7-14(8-11-22)23(13-4-5-13)17-6-9-19-12-20-17/h6,9,12-14H,1-5,7-8,10-11H2. The molecule has 24 heavy (non-hydrogen) atoms. The van der Waals surface area contributed by atoms with Gasteiger partial charge in [0.15, 0.2) is 5.13 Å². The molecule has 1 aliphatic heterocycles. The molecule has 0 spiro atoms. The molecule has 5 rings (SSSR count). The highest BCUT2D eigenvalue weighted by atomic mass is 32.1. The molecule has 2 fully saturated rings. The van der Waals surface area contributed by atoms with Gasteiger partial charge in [0.05, 0.1) is 5.69 Å². The van der Waals surface area contributed by atoms with Crippen LogP contribution in [0.2, 0.25) is 0 Å². The van der Waals surface area contributed by atoms with Crippen molar-refractivity contribution in [3.8, 4) is 0 Å². The maximum atomic E-state index is 4.90. The predicted molar refractivity (Wildman–Crippen MR) is 96.9 cm³/mol. The first-order chi connectivity index (χ1) is 11.9. The van der Waals surface area contributed by atoms with Crippen LogP contribution in [0.25, 0.3) is 0 Å². The summed E-state index contributed by atoms with van der Waals surface area (Å²) in [6, 6.07) is 3.37. The molecule has 0 radical (unpaired) electrons. The van der Waals surface area contributed by atoms with Crippen LogP contribution in [0, 0.1) is 0 Å². The average molecular weight is 341 g/mol. The molecule has 2 aromatic heterocycles. The van der Waals surface area contributed by atoms with Crippen LogP contribution in [-0.4, -0.2) is 40.1 Å². The Kier molecular flexibility index (Phi) is 3.65. The number of aryl methyl sites for hydroxylation is 2. The lowest BCUT2D eigenvalue weighted by molar-refractivity contribution is 0.459. The highest BCUT2D eigenvalue weighted by Crippen LogP contribution is 2.37. The van der Waals surface area contributed by atoms with Gasteiger partial charge in [0, 0.05) is 36.2 Å². The number of piperidine rings is 1. The van der Waals surface area contributed by atoms with E-state index in [0.29, 0.717) is 12.1 Å². The van der Waals surface area contributed by atoms with Gasteiger partial charge >= 0.3 is 0 Å². The van der Waals surface area contributed by atoms with E-state index in [-0.39, 0.29) is 0 Å². The third-order valence-electron chi connectivity index (χ3n) is 5.48. The van der Waals surface area contributed by atoms with Gasteiger partial charge in [0.1, 0.15) is 12.1 Å². The molecule has 3 aliphatic rings. The van der Waals surface area contributed by atoms with E-state index in [1.165, 1.54) is 60.6 Å². The summed E-state index contributed by atoms with van der Waals surface area (Å²) in [6.07, 6.45) is 12.3. The van der Waals surface area contributed by atoms with Crippen LogP contribution in [0.15, 0.2) is 18.6 Å². The minimum absolute atomic E-state index is 0.607. The maximum absolute atomic E-state index is 4.90. The third-order valence-corrected chi connectivity index (χ3v) is 6.70. The Morgan fingerprint density at radius 3 is 2.62 bits per heavy atom. The van der Waals surface area contributed by atoms with E-state index in [1.807, 2.05) is 17.5 Å². The van der Waals surface area contributed by atoms with Gasteiger partial charge in [-0.25, -0.2) is 15.0 Å². The number of anilines is 2. The first-order valence-electron chi connectivity index (χ1n) is 9.16. The van der Waals surface area contributed by atoms with Gasteiger partial charge in [0.25, 0.3) is 0 Å². The zero-order valence-electron chi connectivity index (χ0n) is 13.9. The molecule has 3 heterocycles. The quantitative estimate of drug-likeness (QED) is 0.855. The van der Waals surface area contributed by atoms with Crippen LogP contribution in [0.1, 0.15) is 42.7 Å². The molecular formula is C18H23N5S. The van der Waals surface area contributed by atoms with Crippen LogP contribution >= 0.6 is 11.3 Å². The number of fused-ring (bicyclic) bond motifs is 1. The van der Waals surface area contributed by atoms with Crippen molar-refractivity contribution in [3.63, 3.8) is 0 Å². The van der Waals surface area contributed by atoms with Crippen molar-refractivity contribution in [2.75, 3.05) is 22.9 Å². The number of hydrogen-bond donors (Lipinski definition) is 0. The Hall–Kier alpha value is -1.69. The van der Waals surface area contributed by atoms with Crippen molar-refractivity contribution in [2.24, 2.45) is 0 Å². The Balaban J connectivity index is 1.28. The molecule has 0 aromatic carbocycles. The number of thiazole rings is 1. The Morgan fingerprint density at radius 2 is 1.92 bits per heavy atom. The molecule has 126 valence electrons. The fraction of sp³-hybridized carbons (Fsp3) is 0.611. The van der Waals surface area contributed by atoms with Gasteiger partial charge in [-0.1, -0.05) is 0 Å². The van der Waals surface area contributed by atoms with E-state index in [1.54, 1.807) is 6.33 Å². The van der Waals surface area contributed by atoms with Crippen molar-refractivity contribution in [1.82, 2.24) is 15.0 Å². The van der Waals surface area contributed by atoms with E-state index in [4.69, 9.17) is 4.98 Å². The highest BCUT2D eigenvalue weighted by molar-refractivity contribution is 7.15. The van der Waals surface area contributed by atoms with Crippen LogP contribution in [0.3, 0.4) is 0 Å². The maximum Gasteiger partial charge on any atom is 0.185 e. The Morgan fingerprint density at radius 1 is 1.08 bits per heavy atom. The summed E-state index contributed by atoms with van der Waals surface area (Å²) in [5, 5.41) is 1.26. The predicted octanol–water partition coefficient (Wildman–Crippen LogP) is 3.06. The SMILES string of the molecule is c1cc(N(C2CC2)C2CCN(c3nc4c(s3)CCC4)CC2)ncn1. The fourth-order valence-corrected chi connectivity index (χ4v) is 5.31. The van der Waals surface area contributed by atoms with Gasteiger partial charge in [-0.2, -0.15) is 0 Å². The first-order valence-corrected chi connectivity index (χ1v) is 9.98. The average Bonchev–Trinajstić information content (AvgIpc) is 3.21. The van der Waals surface area contributed by atoms with Crippen molar-refractivity contribution >= 4 is 22.3 Å². The normalized spacial score (nSPS) is 21.1. The van der Waals surface area contributed by atoms with Crippen LogP contribution in [-0.2, 0) is 12.8 Å². The number of rotatable bonds is 4. The summed E-state index contributed by atoms with van der Waals surface area (Å²) in [5.74, 6) is 1.11. The second kappa shape index (κ2) is 5.99. The highest BCUT2D eigenvalue weighted by Gasteiger charge is 2.36. The second-order valence-corrected chi connectivity index (χ2v) is 8.21. The summed E-state index contributed by atoms with van der Waals surface area (Å²) in [7, 11) is 0. The molecule has 1 saturated heterocycles. The molecule has 0 unspecified atom stereocenters. The van der Waals surface area contributed by atoms with Crippen molar-refractivity contribution in [2.45, 2.75) is 57.0 Å². The van der Waals surface area contributed by atoms with E-state index < -0.39 is 0 Å². The smallest absolute Gasteiger partial charge is 0.185 e. The summed E-state index contributed by atoms with van der Waals surface area (Å²) in [5.41, 5.74) is 1.37.